The predicted octanol–water partition coefficient (Wildman–Crippen LogP) is 3.96. The summed E-state index contributed by atoms with van der Waals surface area (Å²) >= 11 is 0. The maximum atomic E-state index is 14.1. The number of nitrogens with zero attached hydrogens (tertiary/aromatic N) is 1. The van der Waals surface area contributed by atoms with Crippen LogP contribution in [0, 0.1) is 0 Å². The third kappa shape index (κ3) is 9.70. The smallest absolute Gasteiger partial charge is 0.408 e. The minimum atomic E-state index is -1.09. The Kier molecular flexibility index (Phi) is 11.4. The Balaban J connectivity index is 2.44. The summed E-state index contributed by atoms with van der Waals surface area (Å²) in [6.45, 7) is 8.98. The number of nitrogens with two attached hydrogens (primary N) is 1. The summed E-state index contributed by atoms with van der Waals surface area (Å²) in [5.41, 5.74) is 5.27. The fourth-order valence-electron chi connectivity index (χ4n) is 4.57. The van der Waals surface area contributed by atoms with E-state index in [0.717, 1.165) is 32.1 Å². The quantitative estimate of drug-likeness (QED) is 0.410. The molecule has 0 bridgehead atoms. The number of amides is 4. The number of primary amides is 1. The third-order valence-corrected chi connectivity index (χ3v) is 6.58. The van der Waals surface area contributed by atoms with Crippen LogP contribution in [0.15, 0.2) is 30.3 Å². The zero-order valence-electron chi connectivity index (χ0n) is 22.9. The molecule has 1 aliphatic rings. The van der Waals surface area contributed by atoms with Crippen LogP contribution in [0.5, 0.6) is 0 Å². The van der Waals surface area contributed by atoms with Crippen LogP contribution >= 0.6 is 0 Å². The molecule has 4 amide bonds. The molecule has 0 spiro atoms. The highest BCUT2D eigenvalue weighted by molar-refractivity contribution is 5.92. The molecule has 1 aliphatic carbocycles. The number of benzene rings is 1. The van der Waals surface area contributed by atoms with Crippen molar-refractivity contribution in [2.24, 2.45) is 5.73 Å². The summed E-state index contributed by atoms with van der Waals surface area (Å²) in [7, 11) is 0. The lowest BCUT2D eigenvalue weighted by Crippen LogP contribution is -2.56. The second-order valence-electron chi connectivity index (χ2n) is 10.9. The van der Waals surface area contributed by atoms with Gasteiger partial charge in [-0.05, 0) is 58.9 Å². The summed E-state index contributed by atoms with van der Waals surface area (Å²) in [5, 5.41) is 5.80. The standard InChI is InChI=1S/C28H44N4O5/c1-6-19(2)32(26(35)22(17-18-23(29)33)31-27(36)37-28(3,4)5)24(20-13-9-7-10-14-20)25(34)30-21-15-11-8-12-16-21/h7,9-10,13-14,19,21-22,24H,6,8,11-12,15-18H2,1-5H3,(H2,29,33)(H,30,34)(H,31,36). The van der Waals surface area contributed by atoms with Gasteiger partial charge in [-0.1, -0.05) is 56.5 Å². The molecule has 0 aliphatic heterocycles. The van der Waals surface area contributed by atoms with Crippen molar-refractivity contribution in [3.8, 4) is 0 Å². The van der Waals surface area contributed by atoms with E-state index in [1.165, 1.54) is 4.90 Å². The van der Waals surface area contributed by atoms with Gasteiger partial charge in [-0.2, -0.15) is 0 Å². The maximum Gasteiger partial charge on any atom is 0.408 e. The molecule has 3 unspecified atom stereocenters. The van der Waals surface area contributed by atoms with Gasteiger partial charge in [0.1, 0.15) is 17.7 Å². The van der Waals surface area contributed by atoms with Gasteiger partial charge in [0.2, 0.25) is 17.7 Å². The van der Waals surface area contributed by atoms with Gasteiger partial charge in [0.05, 0.1) is 0 Å². The van der Waals surface area contributed by atoms with Gasteiger partial charge in [-0.25, -0.2) is 4.79 Å². The zero-order valence-corrected chi connectivity index (χ0v) is 22.9. The minimum absolute atomic E-state index is 0.00784. The van der Waals surface area contributed by atoms with Crippen molar-refractivity contribution in [1.82, 2.24) is 15.5 Å². The molecular formula is C28H44N4O5. The highest BCUT2D eigenvalue weighted by atomic mass is 16.6. The van der Waals surface area contributed by atoms with E-state index in [4.69, 9.17) is 10.5 Å². The second-order valence-corrected chi connectivity index (χ2v) is 10.9. The first-order chi connectivity index (χ1) is 17.4. The molecule has 1 aromatic carbocycles. The van der Waals surface area contributed by atoms with Crippen LogP contribution in [0.4, 0.5) is 4.79 Å². The maximum absolute atomic E-state index is 14.1. The van der Waals surface area contributed by atoms with Crippen LogP contribution in [0.2, 0.25) is 0 Å². The lowest BCUT2D eigenvalue weighted by Gasteiger charge is -2.39. The molecule has 1 saturated carbocycles. The fourth-order valence-corrected chi connectivity index (χ4v) is 4.57. The van der Waals surface area contributed by atoms with Gasteiger partial charge in [-0.15, -0.1) is 0 Å². The molecular weight excluding hydrogens is 472 g/mol. The van der Waals surface area contributed by atoms with Gasteiger partial charge >= 0.3 is 6.09 Å². The Morgan fingerprint density at radius 2 is 1.70 bits per heavy atom. The summed E-state index contributed by atoms with van der Waals surface area (Å²) in [6.07, 6.45) is 4.79. The normalized spacial score (nSPS) is 16.7. The van der Waals surface area contributed by atoms with E-state index in [1.807, 2.05) is 44.2 Å². The Morgan fingerprint density at radius 3 is 2.24 bits per heavy atom. The molecule has 9 nitrogen and oxygen atoms in total. The summed E-state index contributed by atoms with van der Waals surface area (Å²) in [5.74, 6) is -1.31. The van der Waals surface area contributed by atoms with Gasteiger partial charge in [0, 0.05) is 18.5 Å². The number of nitrogens with one attached hydrogen (secondary N) is 2. The van der Waals surface area contributed by atoms with Crippen molar-refractivity contribution < 1.29 is 23.9 Å². The van der Waals surface area contributed by atoms with E-state index in [2.05, 4.69) is 10.6 Å². The van der Waals surface area contributed by atoms with Crippen LogP contribution in [0.3, 0.4) is 0 Å². The summed E-state index contributed by atoms with van der Waals surface area (Å²) in [6, 6.07) is 6.92. The lowest BCUT2D eigenvalue weighted by atomic mass is 9.94. The van der Waals surface area contributed by atoms with Crippen LogP contribution in [-0.2, 0) is 19.1 Å². The molecule has 0 aromatic heterocycles. The Bertz CT molecular complexity index is 909. The van der Waals surface area contributed by atoms with Crippen LogP contribution in [-0.4, -0.2) is 52.4 Å². The number of hydrogen-bond acceptors (Lipinski definition) is 5. The average Bonchev–Trinajstić information content (AvgIpc) is 2.84. The van der Waals surface area contributed by atoms with E-state index < -0.39 is 35.6 Å². The summed E-state index contributed by atoms with van der Waals surface area (Å²) in [4.78, 5) is 53.6. The topological polar surface area (TPSA) is 131 Å². The Morgan fingerprint density at radius 1 is 1.08 bits per heavy atom. The Hall–Kier alpha value is -3.10. The molecule has 1 fully saturated rings. The van der Waals surface area contributed by atoms with E-state index in [0.29, 0.717) is 12.0 Å². The van der Waals surface area contributed by atoms with Gasteiger partial charge < -0.3 is 26.0 Å². The third-order valence-electron chi connectivity index (χ3n) is 6.58. The number of carbonyl (C=O) groups is 4. The van der Waals surface area contributed by atoms with Gasteiger partial charge in [-0.3, -0.25) is 14.4 Å². The molecule has 206 valence electrons. The molecule has 0 saturated heterocycles. The largest absolute Gasteiger partial charge is 0.444 e. The minimum Gasteiger partial charge on any atom is -0.444 e. The number of ether oxygens (including phenoxy) is 1. The first-order valence-corrected chi connectivity index (χ1v) is 13.4. The van der Waals surface area contributed by atoms with Crippen LogP contribution in [0.1, 0.15) is 97.6 Å². The molecule has 37 heavy (non-hydrogen) atoms. The van der Waals surface area contributed by atoms with Crippen molar-refractivity contribution in [1.29, 1.82) is 0 Å². The van der Waals surface area contributed by atoms with E-state index >= 15 is 0 Å². The molecule has 2 rings (SSSR count). The fraction of sp³-hybridized carbons (Fsp3) is 0.643. The SMILES string of the molecule is CCC(C)N(C(=O)C(CCC(N)=O)NC(=O)OC(C)(C)C)C(C(=O)NC1CCCCC1)c1ccccc1. The second kappa shape index (κ2) is 14.0. The van der Waals surface area contributed by atoms with Crippen molar-refractivity contribution in [3.63, 3.8) is 0 Å². The van der Waals surface area contributed by atoms with Crippen LogP contribution in [0.25, 0.3) is 0 Å². The highest BCUT2D eigenvalue weighted by Crippen LogP contribution is 2.28. The average molecular weight is 517 g/mol. The lowest BCUT2D eigenvalue weighted by molar-refractivity contribution is -0.145. The zero-order chi connectivity index (χ0) is 27.6. The van der Waals surface area contributed by atoms with Crippen LogP contribution < -0.4 is 16.4 Å². The first kappa shape index (κ1) is 30.1. The molecule has 3 atom stereocenters. The molecule has 9 heteroatoms. The number of alkyl carbamates (subject to hydrolysis) is 1. The number of hydrogen-bond donors (Lipinski definition) is 3. The molecule has 4 N–H and O–H groups in total. The van der Waals surface area contributed by atoms with E-state index in [-0.39, 0.29) is 30.8 Å². The number of carbonyl (C=O) groups excluding carboxylic acids is 4. The van der Waals surface area contributed by atoms with Crippen molar-refractivity contribution in [3.05, 3.63) is 35.9 Å². The number of rotatable bonds is 11. The molecule has 0 heterocycles. The van der Waals surface area contributed by atoms with Crippen molar-refractivity contribution >= 4 is 23.8 Å². The summed E-state index contributed by atoms with van der Waals surface area (Å²) < 4.78 is 5.37. The van der Waals surface area contributed by atoms with Gasteiger partial charge in [0.15, 0.2) is 0 Å². The monoisotopic (exact) mass is 516 g/mol. The van der Waals surface area contributed by atoms with Crippen molar-refractivity contribution in [2.45, 2.75) is 116 Å². The van der Waals surface area contributed by atoms with Crippen molar-refractivity contribution in [2.75, 3.05) is 0 Å². The Labute approximate surface area is 220 Å². The van der Waals surface area contributed by atoms with Gasteiger partial charge in [0.25, 0.3) is 0 Å². The molecule has 0 radical (unpaired) electrons. The van der Waals surface area contributed by atoms with E-state index in [1.54, 1.807) is 20.8 Å². The first-order valence-electron chi connectivity index (χ1n) is 13.4. The molecule has 1 aromatic rings. The predicted molar refractivity (Wildman–Crippen MR) is 142 cm³/mol. The highest BCUT2D eigenvalue weighted by Gasteiger charge is 2.39. The van der Waals surface area contributed by atoms with E-state index in [9.17, 15) is 19.2 Å².